The van der Waals surface area contributed by atoms with Gasteiger partial charge in [0.05, 0.1) is 19.1 Å². The highest BCUT2D eigenvalue weighted by molar-refractivity contribution is 5.79. The molecule has 4 unspecified atom stereocenters. The van der Waals surface area contributed by atoms with E-state index in [9.17, 15) is 4.79 Å². The van der Waals surface area contributed by atoms with Crippen molar-refractivity contribution in [2.24, 2.45) is 17.6 Å². The lowest BCUT2D eigenvalue weighted by molar-refractivity contribution is -0.127. The summed E-state index contributed by atoms with van der Waals surface area (Å²) in [5.41, 5.74) is 6.11. The van der Waals surface area contributed by atoms with Crippen LogP contribution in [0.15, 0.2) is 0 Å². The third-order valence-corrected chi connectivity index (χ3v) is 4.53. The summed E-state index contributed by atoms with van der Waals surface area (Å²) in [6.45, 7) is 8.69. The van der Waals surface area contributed by atoms with Gasteiger partial charge in [-0.05, 0) is 32.1 Å². The number of amides is 1. The van der Waals surface area contributed by atoms with Crippen LogP contribution < -0.4 is 11.1 Å². The van der Waals surface area contributed by atoms with Gasteiger partial charge in [0, 0.05) is 31.7 Å². The summed E-state index contributed by atoms with van der Waals surface area (Å²) in [6.07, 6.45) is 3.04. The van der Waals surface area contributed by atoms with Gasteiger partial charge in [0.2, 0.25) is 5.91 Å². The molecule has 4 atom stereocenters. The average Bonchev–Trinajstić information content (AvgIpc) is 2.42. The zero-order chi connectivity index (χ0) is 14.5. The SMILES string of the molecule is CC1CCC(N)C(C(=O)NC(C)CN2CCOCC2)C1. The maximum Gasteiger partial charge on any atom is 0.224 e. The maximum atomic E-state index is 12.4. The summed E-state index contributed by atoms with van der Waals surface area (Å²) in [6, 6.07) is 0.201. The van der Waals surface area contributed by atoms with E-state index in [0.717, 1.165) is 52.1 Å². The van der Waals surface area contributed by atoms with E-state index >= 15 is 0 Å². The van der Waals surface area contributed by atoms with Crippen molar-refractivity contribution in [2.45, 2.75) is 45.2 Å². The van der Waals surface area contributed by atoms with E-state index in [1.54, 1.807) is 0 Å². The van der Waals surface area contributed by atoms with E-state index in [4.69, 9.17) is 10.5 Å². The lowest BCUT2D eigenvalue weighted by Gasteiger charge is -2.33. The number of carbonyl (C=O) groups is 1. The standard InChI is InChI=1S/C15H29N3O2/c1-11-3-4-14(16)13(9-11)15(19)17-12(2)10-18-5-7-20-8-6-18/h11-14H,3-10,16H2,1-2H3,(H,17,19). The minimum atomic E-state index is -0.00844. The Labute approximate surface area is 122 Å². The first kappa shape index (κ1) is 15.7. The highest BCUT2D eigenvalue weighted by Gasteiger charge is 2.32. The van der Waals surface area contributed by atoms with Crippen LogP contribution in [0.3, 0.4) is 0 Å². The molecule has 2 aliphatic rings. The van der Waals surface area contributed by atoms with E-state index in [0.29, 0.717) is 5.92 Å². The molecule has 0 aromatic heterocycles. The Morgan fingerprint density at radius 3 is 2.80 bits per heavy atom. The Morgan fingerprint density at radius 1 is 1.40 bits per heavy atom. The molecule has 1 heterocycles. The fourth-order valence-corrected chi connectivity index (χ4v) is 3.27. The predicted octanol–water partition coefficient (Wildman–Crippen LogP) is 0.587. The molecule has 3 N–H and O–H groups in total. The van der Waals surface area contributed by atoms with Gasteiger partial charge in [-0.25, -0.2) is 0 Å². The Hall–Kier alpha value is -0.650. The quantitative estimate of drug-likeness (QED) is 0.792. The first-order valence-corrected chi connectivity index (χ1v) is 7.92. The number of nitrogens with zero attached hydrogens (tertiary/aromatic N) is 1. The molecule has 2 fully saturated rings. The molecule has 5 nitrogen and oxygen atoms in total. The van der Waals surface area contributed by atoms with E-state index < -0.39 is 0 Å². The fourth-order valence-electron chi connectivity index (χ4n) is 3.27. The Kier molecular flexibility index (Phi) is 5.81. The number of carbonyl (C=O) groups excluding carboxylic acids is 1. The van der Waals surface area contributed by atoms with Gasteiger partial charge < -0.3 is 15.8 Å². The van der Waals surface area contributed by atoms with Crippen molar-refractivity contribution >= 4 is 5.91 Å². The summed E-state index contributed by atoms with van der Waals surface area (Å²) in [4.78, 5) is 14.7. The second kappa shape index (κ2) is 7.38. The third-order valence-electron chi connectivity index (χ3n) is 4.53. The van der Waals surface area contributed by atoms with Crippen LogP contribution in [0.25, 0.3) is 0 Å². The molecule has 1 aliphatic heterocycles. The van der Waals surface area contributed by atoms with Crippen molar-refractivity contribution in [3.63, 3.8) is 0 Å². The summed E-state index contributed by atoms with van der Waals surface area (Å²) in [5.74, 6) is 0.746. The fraction of sp³-hybridized carbons (Fsp3) is 0.933. The zero-order valence-corrected chi connectivity index (χ0v) is 12.8. The van der Waals surface area contributed by atoms with Gasteiger partial charge in [0.1, 0.15) is 0 Å². The van der Waals surface area contributed by atoms with E-state index in [2.05, 4.69) is 24.1 Å². The molecule has 0 aromatic rings. The molecule has 1 saturated carbocycles. The van der Waals surface area contributed by atoms with Gasteiger partial charge in [-0.15, -0.1) is 0 Å². The number of hydrogen-bond acceptors (Lipinski definition) is 4. The number of morpholine rings is 1. The largest absolute Gasteiger partial charge is 0.379 e. The summed E-state index contributed by atoms with van der Waals surface area (Å²) < 4.78 is 5.34. The van der Waals surface area contributed by atoms with Crippen LogP contribution in [0.1, 0.15) is 33.1 Å². The van der Waals surface area contributed by atoms with Gasteiger partial charge in [-0.3, -0.25) is 9.69 Å². The van der Waals surface area contributed by atoms with E-state index in [-0.39, 0.29) is 23.9 Å². The van der Waals surface area contributed by atoms with Crippen molar-refractivity contribution in [1.82, 2.24) is 10.2 Å². The molecular weight excluding hydrogens is 254 g/mol. The lowest BCUT2D eigenvalue weighted by Crippen LogP contribution is -2.51. The zero-order valence-electron chi connectivity index (χ0n) is 12.8. The number of hydrogen-bond donors (Lipinski definition) is 2. The molecule has 1 saturated heterocycles. The van der Waals surface area contributed by atoms with Crippen LogP contribution in [0, 0.1) is 11.8 Å². The highest BCUT2D eigenvalue weighted by atomic mass is 16.5. The third kappa shape index (κ3) is 4.43. The number of nitrogens with one attached hydrogen (secondary N) is 1. The molecule has 0 spiro atoms. The van der Waals surface area contributed by atoms with Crippen LogP contribution in [0.2, 0.25) is 0 Å². The second-order valence-corrected chi connectivity index (χ2v) is 6.51. The average molecular weight is 283 g/mol. The molecule has 20 heavy (non-hydrogen) atoms. The highest BCUT2D eigenvalue weighted by Crippen LogP contribution is 2.28. The van der Waals surface area contributed by atoms with Crippen LogP contribution in [0.4, 0.5) is 0 Å². The summed E-state index contributed by atoms with van der Waals surface area (Å²) in [5, 5.41) is 3.15. The Morgan fingerprint density at radius 2 is 2.10 bits per heavy atom. The monoisotopic (exact) mass is 283 g/mol. The lowest BCUT2D eigenvalue weighted by atomic mass is 9.78. The molecule has 2 rings (SSSR count). The molecule has 116 valence electrons. The summed E-state index contributed by atoms with van der Waals surface area (Å²) in [7, 11) is 0. The van der Waals surface area contributed by atoms with Crippen LogP contribution in [-0.2, 0) is 9.53 Å². The molecular formula is C15H29N3O2. The van der Waals surface area contributed by atoms with Crippen LogP contribution >= 0.6 is 0 Å². The Balaban J connectivity index is 1.77. The second-order valence-electron chi connectivity index (χ2n) is 6.51. The number of ether oxygens (including phenoxy) is 1. The van der Waals surface area contributed by atoms with Gasteiger partial charge in [-0.1, -0.05) is 6.92 Å². The molecule has 0 radical (unpaired) electrons. The van der Waals surface area contributed by atoms with Crippen LogP contribution in [0.5, 0.6) is 0 Å². The molecule has 0 bridgehead atoms. The molecule has 1 aliphatic carbocycles. The topological polar surface area (TPSA) is 67.6 Å². The van der Waals surface area contributed by atoms with Gasteiger partial charge in [0.25, 0.3) is 0 Å². The number of nitrogens with two attached hydrogens (primary N) is 1. The first-order chi connectivity index (χ1) is 9.56. The van der Waals surface area contributed by atoms with E-state index in [1.165, 1.54) is 0 Å². The Bertz CT molecular complexity index is 318. The smallest absolute Gasteiger partial charge is 0.224 e. The molecule has 1 amide bonds. The van der Waals surface area contributed by atoms with Crippen molar-refractivity contribution in [3.8, 4) is 0 Å². The van der Waals surface area contributed by atoms with Gasteiger partial charge in [0.15, 0.2) is 0 Å². The minimum absolute atomic E-state index is 0.00844. The molecule has 0 aromatic carbocycles. The van der Waals surface area contributed by atoms with Gasteiger partial charge >= 0.3 is 0 Å². The van der Waals surface area contributed by atoms with E-state index in [1.807, 2.05) is 0 Å². The number of rotatable bonds is 4. The van der Waals surface area contributed by atoms with Gasteiger partial charge in [-0.2, -0.15) is 0 Å². The minimum Gasteiger partial charge on any atom is -0.379 e. The maximum absolute atomic E-state index is 12.4. The van der Waals surface area contributed by atoms with Crippen molar-refractivity contribution in [2.75, 3.05) is 32.8 Å². The van der Waals surface area contributed by atoms with Crippen LogP contribution in [-0.4, -0.2) is 55.7 Å². The van der Waals surface area contributed by atoms with Crippen molar-refractivity contribution in [1.29, 1.82) is 0 Å². The van der Waals surface area contributed by atoms with Crippen molar-refractivity contribution < 1.29 is 9.53 Å². The predicted molar refractivity (Wildman–Crippen MR) is 79.3 cm³/mol. The molecule has 5 heteroatoms. The summed E-state index contributed by atoms with van der Waals surface area (Å²) >= 11 is 0. The normalized spacial score (nSPS) is 33.6. The van der Waals surface area contributed by atoms with Crippen molar-refractivity contribution in [3.05, 3.63) is 0 Å². The first-order valence-electron chi connectivity index (χ1n) is 7.92.